The standard InChI is InChI=1S/C31H52O/c1-8-23(20(2)3)10-9-21(4)24-13-15-29(7)27-12-11-25-22(5)26(32)14-16-30(25)19-31(27,30)18-17-28(24,29)6/h21-27,32H,2,8-19H2,1,3-7H3/t21-,22+,23-,24-,25+,26+,27+,28-,29+,30-,31+/m1/s1. The van der Waals surface area contributed by atoms with Gasteiger partial charge in [-0.05, 0) is 141 Å². The van der Waals surface area contributed by atoms with E-state index in [0.717, 1.165) is 36.0 Å². The van der Waals surface area contributed by atoms with Gasteiger partial charge in [-0.25, -0.2) is 0 Å². The molecule has 0 radical (unpaired) electrons. The van der Waals surface area contributed by atoms with Crippen LogP contribution in [0.3, 0.4) is 0 Å². The molecule has 5 saturated carbocycles. The van der Waals surface area contributed by atoms with E-state index in [4.69, 9.17) is 0 Å². The lowest BCUT2D eigenvalue weighted by atomic mass is 9.43. The molecule has 5 aliphatic rings. The number of aliphatic hydroxyl groups is 1. The molecule has 0 unspecified atom stereocenters. The van der Waals surface area contributed by atoms with Crippen molar-refractivity contribution in [2.24, 2.45) is 57.2 Å². The molecule has 5 rings (SSSR count). The topological polar surface area (TPSA) is 20.2 Å². The summed E-state index contributed by atoms with van der Waals surface area (Å²) in [5.41, 5.74) is 3.71. The highest BCUT2D eigenvalue weighted by molar-refractivity contribution is 5.29. The van der Waals surface area contributed by atoms with Crippen molar-refractivity contribution in [3.63, 3.8) is 0 Å². The van der Waals surface area contributed by atoms with E-state index in [9.17, 15) is 5.11 Å². The maximum absolute atomic E-state index is 10.6. The SMILES string of the molecule is C=C(C)[C@H](CC)CC[C@@H](C)[C@H]1CC[C@@]2(C)[C@@H]3CC[C@H]4[C@H](C)[C@@H](O)CC[C@@]45C[C@@]35CC[C@]12C. The van der Waals surface area contributed by atoms with Crippen LogP contribution < -0.4 is 0 Å². The molecule has 5 fully saturated rings. The van der Waals surface area contributed by atoms with Crippen molar-refractivity contribution in [3.8, 4) is 0 Å². The number of allylic oxidation sites excluding steroid dienone is 1. The second-order valence-electron chi connectivity index (χ2n) is 14.2. The first-order chi connectivity index (χ1) is 15.1. The van der Waals surface area contributed by atoms with Gasteiger partial charge in [-0.1, -0.05) is 46.8 Å². The van der Waals surface area contributed by atoms with Gasteiger partial charge in [0.2, 0.25) is 0 Å². The van der Waals surface area contributed by atoms with E-state index in [2.05, 4.69) is 48.1 Å². The average molecular weight is 441 g/mol. The van der Waals surface area contributed by atoms with Crippen LogP contribution in [0.4, 0.5) is 0 Å². The highest BCUT2D eigenvalue weighted by Gasteiger charge is 2.81. The first-order valence-electron chi connectivity index (χ1n) is 14.4. The number of hydrogen-bond donors (Lipinski definition) is 1. The van der Waals surface area contributed by atoms with Crippen LogP contribution in [-0.4, -0.2) is 11.2 Å². The van der Waals surface area contributed by atoms with E-state index in [1.54, 1.807) is 0 Å². The maximum Gasteiger partial charge on any atom is 0.0568 e. The summed E-state index contributed by atoms with van der Waals surface area (Å²) in [6.07, 6.45) is 16.6. The van der Waals surface area contributed by atoms with Crippen molar-refractivity contribution in [1.29, 1.82) is 0 Å². The van der Waals surface area contributed by atoms with Gasteiger partial charge in [-0.15, -0.1) is 0 Å². The van der Waals surface area contributed by atoms with E-state index in [1.165, 1.54) is 76.2 Å². The summed E-state index contributed by atoms with van der Waals surface area (Å²) < 4.78 is 0. The third-order valence-corrected chi connectivity index (χ3v) is 13.6. The smallest absolute Gasteiger partial charge is 0.0568 e. The quantitative estimate of drug-likeness (QED) is 0.411. The van der Waals surface area contributed by atoms with Crippen molar-refractivity contribution in [2.45, 2.75) is 125 Å². The molecule has 1 N–H and O–H groups in total. The lowest BCUT2D eigenvalue weighted by Crippen LogP contribution is -2.55. The molecule has 0 bridgehead atoms. The van der Waals surface area contributed by atoms with Crippen LogP contribution in [0.15, 0.2) is 12.2 Å². The van der Waals surface area contributed by atoms with Gasteiger partial charge in [0.25, 0.3) is 0 Å². The fourth-order valence-electron chi connectivity index (χ4n) is 11.4. The number of aliphatic hydroxyl groups excluding tert-OH is 1. The van der Waals surface area contributed by atoms with E-state index >= 15 is 0 Å². The normalized spacial score (nSPS) is 53.4. The van der Waals surface area contributed by atoms with Crippen LogP contribution in [0.2, 0.25) is 0 Å². The Hall–Kier alpha value is -0.300. The molecular formula is C31H52O. The Morgan fingerprint density at radius 2 is 1.72 bits per heavy atom. The van der Waals surface area contributed by atoms with Crippen molar-refractivity contribution in [2.75, 3.05) is 0 Å². The third kappa shape index (κ3) is 2.85. The largest absolute Gasteiger partial charge is 0.393 e. The Bertz CT molecular complexity index is 756. The number of rotatable bonds is 6. The van der Waals surface area contributed by atoms with E-state index in [1.807, 2.05) is 0 Å². The summed E-state index contributed by atoms with van der Waals surface area (Å²) in [4.78, 5) is 0. The Balaban J connectivity index is 1.36. The summed E-state index contributed by atoms with van der Waals surface area (Å²) in [5.74, 6) is 4.76. The summed E-state index contributed by atoms with van der Waals surface area (Å²) in [7, 11) is 0. The Labute approximate surface area is 199 Å². The van der Waals surface area contributed by atoms with Crippen LogP contribution in [0.25, 0.3) is 0 Å². The van der Waals surface area contributed by atoms with Gasteiger partial charge < -0.3 is 5.11 Å². The molecule has 2 spiro atoms. The van der Waals surface area contributed by atoms with Crippen molar-refractivity contribution in [3.05, 3.63) is 12.2 Å². The fourth-order valence-corrected chi connectivity index (χ4v) is 11.4. The molecule has 0 aliphatic heterocycles. The minimum atomic E-state index is -0.0351. The van der Waals surface area contributed by atoms with E-state index in [-0.39, 0.29) is 6.10 Å². The molecule has 32 heavy (non-hydrogen) atoms. The van der Waals surface area contributed by atoms with Crippen LogP contribution in [0.1, 0.15) is 119 Å². The second-order valence-corrected chi connectivity index (χ2v) is 14.2. The molecule has 1 nitrogen and oxygen atoms in total. The molecule has 1 heteroatoms. The Morgan fingerprint density at radius 3 is 2.41 bits per heavy atom. The van der Waals surface area contributed by atoms with E-state index in [0.29, 0.717) is 27.6 Å². The average Bonchev–Trinajstić information content (AvgIpc) is 3.33. The molecule has 0 aromatic heterocycles. The van der Waals surface area contributed by atoms with Gasteiger partial charge >= 0.3 is 0 Å². The summed E-state index contributed by atoms with van der Waals surface area (Å²) >= 11 is 0. The molecular weight excluding hydrogens is 388 g/mol. The molecule has 5 aliphatic carbocycles. The van der Waals surface area contributed by atoms with Gasteiger partial charge in [0.15, 0.2) is 0 Å². The van der Waals surface area contributed by atoms with Crippen LogP contribution in [-0.2, 0) is 0 Å². The lowest BCUT2D eigenvalue weighted by molar-refractivity contribution is -0.143. The summed E-state index contributed by atoms with van der Waals surface area (Å²) in [5, 5.41) is 10.6. The summed E-state index contributed by atoms with van der Waals surface area (Å²) in [6.45, 7) is 19.3. The second kappa shape index (κ2) is 7.60. The highest BCUT2D eigenvalue weighted by Crippen LogP contribution is 2.88. The van der Waals surface area contributed by atoms with Crippen molar-refractivity contribution >= 4 is 0 Å². The third-order valence-electron chi connectivity index (χ3n) is 13.6. The maximum atomic E-state index is 10.6. The minimum Gasteiger partial charge on any atom is -0.393 e. The fraction of sp³-hybridized carbons (Fsp3) is 0.935. The molecule has 11 atom stereocenters. The van der Waals surface area contributed by atoms with Gasteiger partial charge in [0.1, 0.15) is 0 Å². The zero-order valence-corrected chi connectivity index (χ0v) is 22.2. The summed E-state index contributed by atoms with van der Waals surface area (Å²) in [6, 6.07) is 0. The first-order valence-corrected chi connectivity index (χ1v) is 14.4. The van der Waals surface area contributed by atoms with Gasteiger partial charge in [0.05, 0.1) is 6.10 Å². The zero-order chi connectivity index (χ0) is 23.1. The molecule has 0 aromatic rings. The van der Waals surface area contributed by atoms with Crippen LogP contribution >= 0.6 is 0 Å². The number of fused-ring (bicyclic) bond motifs is 2. The predicted octanol–water partition coefficient (Wildman–Crippen LogP) is 8.41. The molecule has 182 valence electrons. The first kappa shape index (κ1) is 23.4. The monoisotopic (exact) mass is 440 g/mol. The lowest BCUT2D eigenvalue weighted by Gasteiger charge is -2.62. The number of hydrogen-bond acceptors (Lipinski definition) is 1. The highest BCUT2D eigenvalue weighted by atomic mass is 16.3. The molecule has 0 saturated heterocycles. The molecule has 0 amide bonds. The van der Waals surface area contributed by atoms with Gasteiger partial charge in [-0.3, -0.25) is 0 Å². The Kier molecular flexibility index (Phi) is 5.57. The van der Waals surface area contributed by atoms with Gasteiger partial charge in [-0.2, -0.15) is 0 Å². The Morgan fingerprint density at radius 1 is 0.969 bits per heavy atom. The predicted molar refractivity (Wildman–Crippen MR) is 135 cm³/mol. The van der Waals surface area contributed by atoms with E-state index < -0.39 is 0 Å². The zero-order valence-electron chi connectivity index (χ0n) is 22.2. The molecule has 0 aromatic carbocycles. The van der Waals surface area contributed by atoms with Gasteiger partial charge in [0, 0.05) is 0 Å². The van der Waals surface area contributed by atoms with Crippen molar-refractivity contribution in [1.82, 2.24) is 0 Å². The van der Waals surface area contributed by atoms with Crippen LogP contribution in [0, 0.1) is 57.2 Å². The minimum absolute atomic E-state index is 0.0351. The van der Waals surface area contributed by atoms with Crippen molar-refractivity contribution < 1.29 is 5.11 Å². The molecule has 0 heterocycles. The van der Waals surface area contributed by atoms with Crippen LogP contribution in [0.5, 0.6) is 0 Å².